The minimum atomic E-state index is -0.343. The molecule has 1 aromatic carbocycles. The van der Waals surface area contributed by atoms with Crippen LogP contribution in [0.15, 0.2) is 24.3 Å². The monoisotopic (exact) mass is 391 g/mol. The van der Waals surface area contributed by atoms with Crippen LogP contribution in [0, 0.1) is 0 Å². The van der Waals surface area contributed by atoms with E-state index in [1.54, 1.807) is 29.2 Å². The smallest absolute Gasteiger partial charge is 0.261 e. The number of amides is 4. The van der Waals surface area contributed by atoms with Gasteiger partial charge in [0.15, 0.2) is 0 Å². The Balaban J connectivity index is 1.46. The molecule has 1 saturated heterocycles. The van der Waals surface area contributed by atoms with Crippen LogP contribution in [0.25, 0.3) is 0 Å². The van der Waals surface area contributed by atoms with E-state index in [4.69, 9.17) is 11.6 Å². The van der Waals surface area contributed by atoms with E-state index in [-0.39, 0.29) is 42.6 Å². The summed E-state index contributed by atoms with van der Waals surface area (Å²) >= 11 is 5.55. The maximum Gasteiger partial charge on any atom is 0.261 e. The molecule has 0 spiro atoms. The Bertz CT molecular complexity index is 724. The van der Waals surface area contributed by atoms with E-state index in [2.05, 4.69) is 5.32 Å². The number of nitrogens with zero attached hydrogens (tertiary/aromatic N) is 2. The highest BCUT2D eigenvalue weighted by Gasteiger charge is 2.35. The molecule has 7 nitrogen and oxygen atoms in total. The molecule has 0 unspecified atom stereocenters. The third-order valence-corrected chi connectivity index (χ3v) is 5.15. The Morgan fingerprint density at radius 3 is 2.19 bits per heavy atom. The molecule has 0 aromatic heterocycles. The molecule has 0 bridgehead atoms. The Morgan fingerprint density at radius 2 is 1.63 bits per heavy atom. The second-order valence-electron chi connectivity index (χ2n) is 6.72. The third kappa shape index (κ3) is 4.30. The van der Waals surface area contributed by atoms with Gasteiger partial charge in [-0.3, -0.25) is 24.1 Å². The lowest BCUT2D eigenvalue weighted by atomic mass is 10.0. The van der Waals surface area contributed by atoms with Crippen LogP contribution < -0.4 is 5.32 Å². The van der Waals surface area contributed by atoms with Crippen molar-refractivity contribution in [1.29, 1.82) is 0 Å². The predicted molar refractivity (Wildman–Crippen MR) is 99.5 cm³/mol. The number of hydrogen-bond acceptors (Lipinski definition) is 4. The van der Waals surface area contributed by atoms with Crippen LogP contribution >= 0.6 is 11.6 Å². The van der Waals surface area contributed by atoms with Crippen molar-refractivity contribution in [3.8, 4) is 0 Å². The fraction of sp³-hybridized carbons (Fsp3) is 0.474. The number of carbonyl (C=O) groups excluding carboxylic acids is 4. The van der Waals surface area contributed by atoms with Crippen molar-refractivity contribution in [2.24, 2.45) is 0 Å². The molecule has 27 heavy (non-hydrogen) atoms. The molecule has 3 rings (SSSR count). The van der Waals surface area contributed by atoms with Crippen molar-refractivity contribution >= 4 is 35.2 Å². The highest BCUT2D eigenvalue weighted by Crippen LogP contribution is 2.22. The molecule has 1 N–H and O–H groups in total. The standard InChI is InChI=1S/C19H22ClN3O4/c20-9-5-16(24)21-13-6-10-22(11-7-13)17(25)8-12-23-18(26)14-3-1-2-4-15(14)19(23)27/h1-4,13H,5-12H2,(H,21,24). The first-order valence-electron chi connectivity index (χ1n) is 9.09. The summed E-state index contributed by atoms with van der Waals surface area (Å²) < 4.78 is 0. The molecular weight excluding hydrogens is 370 g/mol. The van der Waals surface area contributed by atoms with E-state index in [9.17, 15) is 19.2 Å². The molecule has 0 aliphatic carbocycles. The van der Waals surface area contributed by atoms with Gasteiger partial charge in [0.1, 0.15) is 0 Å². The number of likely N-dealkylation sites (tertiary alicyclic amines) is 1. The lowest BCUT2D eigenvalue weighted by molar-refractivity contribution is -0.132. The molecule has 8 heteroatoms. The summed E-state index contributed by atoms with van der Waals surface area (Å²) in [5.41, 5.74) is 0.784. The SMILES string of the molecule is O=C(CCCl)NC1CCN(C(=O)CCN2C(=O)c3ccccc3C2=O)CC1. The number of hydrogen-bond donors (Lipinski definition) is 1. The first-order valence-corrected chi connectivity index (χ1v) is 9.63. The number of halogens is 1. The number of alkyl halides is 1. The molecule has 4 amide bonds. The highest BCUT2D eigenvalue weighted by atomic mass is 35.5. The fourth-order valence-corrected chi connectivity index (χ4v) is 3.64. The normalized spacial score (nSPS) is 17.2. The average molecular weight is 392 g/mol. The minimum Gasteiger partial charge on any atom is -0.353 e. The second-order valence-corrected chi connectivity index (χ2v) is 7.10. The Hall–Kier alpha value is -2.41. The predicted octanol–water partition coefficient (Wildman–Crippen LogP) is 1.41. The first-order chi connectivity index (χ1) is 13.0. The highest BCUT2D eigenvalue weighted by molar-refractivity contribution is 6.21. The Kier molecular flexibility index (Phi) is 6.11. The lowest BCUT2D eigenvalue weighted by Crippen LogP contribution is -2.47. The summed E-state index contributed by atoms with van der Waals surface area (Å²) in [6.07, 6.45) is 1.77. The van der Waals surface area contributed by atoms with Gasteiger partial charge in [-0.15, -0.1) is 11.6 Å². The van der Waals surface area contributed by atoms with Crippen LogP contribution in [-0.2, 0) is 9.59 Å². The zero-order chi connectivity index (χ0) is 19.4. The van der Waals surface area contributed by atoms with Gasteiger partial charge in [-0.25, -0.2) is 0 Å². The van der Waals surface area contributed by atoms with Crippen molar-refractivity contribution in [3.63, 3.8) is 0 Å². The first kappa shape index (κ1) is 19.4. The van der Waals surface area contributed by atoms with Crippen molar-refractivity contribution in [2.75, 3.05) is 25.5 Å². The van der Waals surface area contributed by atoms with E-state index in [1.165, 1.54) is 0 Å². The number of fused-ring (bicyclic) bond motifs is 1. The third-order valence-electron chi connectivity index (χ3n) is 4.96. The van der Waals surface area contributed by atoms with Crippen molar-refractivity contribution in [2.45, 2.75) is 31.7 Å². The lowest BCUT2D eigenvalue weighted by Gasteiger charge is -2.32. The van der Waals surface area contributed by atoms with E-state index in [1.807, 2.05) is 0 Å². The van der Waals surface area contributed by atoms with E-state index in [0.717, 1.165) is 4.90 Å². The quantitative estimate of drug-likeness (QED) is 0.586. The zero-order valence-electron chi connectivity index (χ0n) is 14.9. The van der Waals surface area contributed by atoms with Crippen LogP contribution in [0.4, 0.5) is 0 Å². The van der Waals surface area contributed by atoms with Gasteiger partial charge >= 0.3 is 0 Å². The maximum absolute atomic E-state index is 12.4. The molecular formula is C19H22ClN3O4. The van der Waals surface area contributed by atoms with Crippen LogP contribution in [0.5, 0.6) is 0 Å². The fourth-order valence-electron chi connectivity index (χ4n) is 3.47. The molecule has 1 aromatic rings. The Labute approximate surface area is 162 Å². The van der Waals surface area contributed by atoms with Crippen LogP contribution in [0.2, 0.25) is 0 Å². The maximum atomic E-state index is 12.4. The molecule has 2 aliphatic rings. The number of piperidine rings is 1. The number of carbonyl (C=O) groups is 4. The van der Waals surface area contributed by atoms with E-state index >= 15 is 0 Å². The van der Waals surface area contributed by atoms with Gasteiger partial charge in [0.05, 0.1) is 11.1 Å². The van der Waals surface area contributed by atoms with Crippen LogP contribution in [-0.4, -0.2) is 65.0 Å². The summed E-state index contributed by atoms with van der Waals surface area (Å²) in [7, 11) is 0. The van der Waals surface area contributed by atoms with Crippen molar-refractivity contribution in [1.82, 2.24) is 15.1 Å². The van der Waals surface area contributed by atoms with Crippen molar-refractivity contribution in [3.05, 3.63) is 35.4 Å². The minimum absolute atomic E-state index is 0.0565. The molecule has 2 aliphatic heterocycles. The molecule has 1 fully saturated rings. The topological polar surface area (TPSA) is 86.8 Å². The second kappa shape index (κ2) is 8.52. The number of rotatable bonds is 6. The van der Waals surface area contributed by atoms with Gasteiger partial charge in [-0.1, -0.05) is 12.1 Å². The van der Waals surface area contributed by atoms with Crippen LogP contribution in [0.1, 0.15) is 46.4 Å². The van der Waals surface area contributed by atoms with Gasteiger partial charge in [-0.05, 0) is 25.0 Å². The Morgan fingerprint density at radius 1 is 1.04 bits per heavy atom. The number of nitrogens with one attached hydrogen (secondary N) is 1. The summed E-state index contributed by atoms with van der Waals surface area (Å²) in [6, 6.07) is 6.74. The molecule has 0 atom stereocenters. The van der Waals surface area contributed by atoms with Gasteiger partial charge in [-0.2, -0.15) is 0 Å². The summed E-state index contributed by atoms with van der Waals surface area (Å²) in [5.74, 6) is -0.549. The average Bonchev–Trinajstić information content (AvgIpc) is 2.91. The molecule has 144 valence electrons. The van der Waals surface area contributed by atoms with Gasteiger partial charge in [0.25, 0.3) is 11.8 Å². The summed E-state index contributed by atoms with van der Waals surface area (Å²) in [4.78, 5) is 51.5. The van der Waals surface area contributed by atoms with Crippen LogP contribution in [0.3, 0.4) is 0 Å². The zero-order valence-corrected chi connectivity index (χ0v) is 15.7. The molecule has 0 radical (unpaired) electrons. The van der Waals surface area contributed by atoms with Crippen molar-refractivity contribution < 1.29 is 19.2 Å². The van der Waals surface area contributed by atoms with Gasteiger partial charge in [0.2, 0.25) is 11.8 Å². The number of benzene rings is 1. The summed E-state index contributed by atoms with van der Waals surface area (Å²) in [6.45, 7) is 1.18. The largest absolute Gasteiger partial charge is 0.353 e. The van der Waals surface area contributed by atoms with E-state index < -0.39 is 0 Å². The summed E-state index contributed by atoms with van der Waals surface area (Å²) in [5, 5.41) is 2.92. The van der Waals surface area contributed by atoms with Gasteiger partial charge in [0, 0.05) is 44.4 Å². The molecule has 2 heterocycles. The van der Waals surface area contributed by atoms with Gasteiger partial charge < -0.3 is 10.2 Å². The van der Waals surface area contributed by atoms with E-state index in [0.29, 0.717) is 49.4 Å². The molecule has 0 saturated carbocycles. The number of imide groups is 1.